The van der Waals surface area contributed by atoms with E-state index in [1.165, 1.54) is 0 Å². The number of carbonyl (C=O) groups excluding carboxylic acids is 1. The molecule has 2 aliphatic rings. The molecule has 2 fully saturated rings. The Hall–Kier alpha value is -1.33. The van der Waals surface area contributed by atoms with Gasteiger partial charge >= 0.3 is 0 Å². The van der Waals surface area contributed by atoms with E-state index in [1.807, 2.05) is 29.2 Å². The van der Waals surface area contributed by atoms with Crippen molar-refractivity contribution in [2.45, 2.75) is 18.9 Å². The molecule has 2 aromatic rings. The molecule has 1 aliphatic heterocycles. The molecular formula is C16H18BrN3O. The first-order chi connectivity index (χ1) is 10.1. The number of likely N-dealkylation sites (tertiary alicyclic amines) is 1. The maximum absolute atomic E-state index is 12.7. The smallest absolute Gasteiger partial charge is 0.270 e. The number of carbonyl (C=O) groups is 1. The Balaban J connectivity index is 1.59. The van der Waals surface area contributed by atoms with Gasteiger partial charge in [0.05, 0.1) is 0 Å². The molecule has 1 aromatic heterocycles. The Labute approximate surface area is 131 Å². The summed E-state index contributed by atoms with van der Waals surface area (Å²) >= 11 is 3.46. The van der Waals surface area contributed by atoms with Gasteiger partial charge in [-0.05, 0) is 48.9 Å². The number of benzene rings is 1. The number of hydrogen-bond acceptors (Lipinski definition) is 2. The lowest BCUT2D eigenvalue weighted by molar-refractivity contribution is 0.0775. The zero-order chi connectivity index (χ0) is 14.6. The van der Waals surface area contributed by atoms with Gasteiger partial charge in [0, 0.05) is 34.5 Å². The number of aromatic nitrogens is 1. The van der Waals surface area contributed by atoms with Gasteiger partial charge in [-0.25, -0.2) is 0 Å². The third-order valence-corrected chi connectivity index (χ3v) is 5.51. The summed E-state index contributed by atoms with van der Waals surface area (Å²) in [5, 5.41) is 1.06. The van der Waals surface area contributed by atoms with Crippen LogP contribution in [0.2, 0.25) is 0 Å². The highest BCUT2D eigenvalue weighted by Gasteiger charge is 2.42. The van der Waals surface area contributed by atoms with Crippen molar-refractivity contribution in [1.29, 1.82) is 0 Å². The number of nitrogens with zero attached hydrogens (tertiary/aromatic N) is 1. The van der Waals surface area contributed by atoms with Gasteiger partial charge in [0.25, 0.3) is 5.91 Å². The van der Waals surface area contributed by atoms with E-state index in [0.29, 0.717) is 17.5 Å². The van der Waals surface area contributed by atoms with E-state index < -0.39 is 0 Å². The van der Waals surface area contributed by atoms with Gasteiger partial charge < -0.3 is 15.6 Å². The van der Waals surface area contributed by atoms with Crippen LogP contribution in [0.15, 0.2) is 28.7 Å². The minimum absolute atomic E-state index is 0.101. The largest absolute Gasteiger partial charge is 0.351 e. The van der Waals surface area contributed by atoms with Gasteiger partial charge in [-0.2, -0.15) is 0 Å². The number of aromatic amines is 1. The molecule has 2 heterocycles. The molecule has 110 valence electrons. The number of amides is 1. The van der Waals surface area contributed by atoms with E-state index in [-0.39, 0.29) is 11.9 Å². The standard InChI is InChI=1S/C16H18BrN3O/c17-11-2-4-14-10(5-11)6-15(19-14)16(21)20-7-9-1-3-13(18)12(9)8-20/h2,4-6,9,12-13,19H,1,3,7-8,18H2. The van der Waals surface area contributed by atoms with E-state index in [9.17, 15) is 4.79 Å². The fourth-order valence-electron chi connectivity index (χ4n) is 3.86. The molecule has 1 amide bonds. The number of nitrogens with two attached hydrogens (primary N) is 1. The SMILES string of the molecule is NC1CCC2CN(C(=O)c3cc4cc(Br)ccc4[nH]3)CC12. The van der Waals surface area contributed by atoms with Crippen LogP contribution in [0.4, 0.5) is 0 Å². The van der Waals surface area contributed by atoms with Crippen molar-refractivity contribution in [2.75, 3.05) is 13.1 Å². The Bertz CT molecular complexity index is 711. The predicted octanol–water partition coefficient (Wildman–Crippen LogP) is 2.74. The Morgan fingerprint density at radius 2 is 2.14 bits per heavy atom. The van der Waals surface area contributed by atoms with Crippen molar-refractivity contribution >= 4 is 32.7 Å². The Morgan fingerprint density at radius 1 is 1.29 bits per heavy atom. The lowest BCUT2D eigenvalue weighted by Crippen LogP contribution is -2.33. The number of halogens is 1. The maximum atomic E-state index is 12.7. The van der Waals surface area contributed by atoms with Crippen LogP contribution in [0.25, 0.3) is 10.9 Å². The average molecular weight is 348 g/mol. The molecule has 0 radical (unpaired) electrons. The fraction of sp³-hybridized carbons (Fsp3) is 0.438. The Kier molecular flexibility index (Phi) is 3.08. The van der Waals surface area contributed by atoms with Crippen LogP contribution in [-0.2, 0) is 0 Å². The van der Waals surface area contributed by atoms with E-state index in [2.05, 4.69) is 20.9 Å². The van der Waals surface area contributed by atoms with Crippen LogP contribution in [0.5, 0.6) is 0 Å². The molecule has 3 N–H and O–H groups in total. The first-order valence-corrected chi connectivity index (χ1v) is 8.24. The second-order valence-corrected chi connectivity index (χ2v) is 7.21. The highest BCUT2D eigenvalue weighted by molar-refractivity contribution is 9.10. The molecule has 1 saturated carbocycles. The van der Waals surface area contributed by atoms with E-state index in [4.69, 9.17) is 5.73 Å². The molecule has 3 unspecified atom stereocenters. The van der Waals surface area contributed by atoms with Crippen LogP contribution in [0.3, 0.4) is 0 Å². The molecule has 1 saturated heterocycles. The summed E-state index contributed by atoms with van der Waals surface area (Å²) in [5.41, 5.74) is 7.82. The van der Waals surface area contributed by atoms with Gasteiger partial charge in [0.15, 0.2) is 0 Å². The summed E-state index contributed by atoms with van der Waals surface area (Å²) in [7, 11) is 0. The van der Waals surface area contributed by atoms with Gasteiger partial charge in [0.1, 0.15) is 5.69 Å². The van der Waals surface area contributed by atoms with Crippen LogP contribution in [-0.4, -0.2) is 34.9 Å². The number of rotatable bonds is 1. The molecule has 5 heteroatoms. The first kappa shape index (κ1) is 13.3. The summed E-state index contributed by atoms with van der Waals surface area (Å²) in [6.45, 7) is 1.67. The molecule has 3 atom stereocenters. The zero-order valence-corrected chi connectivity index (χ0v) is 13.3. The van der Waals surface area contributed by atoms with Crippen molar-refractivity contribution in [3.63, 3.8) is 0 Å². The minimum atomic E-state index is 0.101. The molecule has 0 bridgehead atoms. The molecule has 1 aliphatic carbocycles. The molecule has 21 heavy (non-hydrogen) atoms. The Morgan fingerprint density at radius 3 is 2.95 bits per heavy atom. The average Bonchev–Trinajstić information content (AvgIpc) is 3.13. The van der Waals surface area contributed by atoms with Crippen LogP contribution >= 0.6 is 15.9 Å². The highest BCUT2D eigenvalue weighted by atomic mass is 79.9. The molecule has 4 nitrogen and oxygen atoms in total. The van der Waals surface area contributed by atoms with Crippen LogP contribution in [0, 0.1) is 11.8 Å². The monoisotopic (exact) mass is 347 g/mol. The first-order valence-electron chi connectivity index (χ1n) is 7.45. The van der Waals surface area contributed by atoms with Crippen molar-refractivity contribution < 1.29 is 4.79 Å². The van der Waals surface area contributed by atoms with Gasteiger partial charge in [-0.15, -0.1) is 0 Å². The molecule has 1 aromatic carbocycles. The highest BCUT2D eigenvalue weighted by Crippen LogP contribution is 2.37. The van der Waals surface area contributed by atoms with Crippen molar-refractivity contribution in [1.82, 2.24) is 9.88 Å². The third-order valence-electron chi connectivity index (χ3n) is 5.01. The molecular weight excluding hydrogens is 330 g/mol. The second-order valence-electron chi connectivity index (χ2n) is 6.29. The normalized spacial score (nSPS) is 28.3. The number of fused-ring (bicyclic) bond motifs is 2. The van der Waals surface area contributed by atoms with Crippen LogP contribution in [0.1, 0.15) is 23.3 Å². The third kappa shape index (κ3) is 2.19. The summed E-state index contributed by atoms with van der Waals surface area (Å²) in [6, 6.07) is 8.21. The van der Waals surface area contributed by atoms with E-state index >= 15 is 0 Å². The van der Waals surface area contributed by atoms with E-state index in [1.54, 1.807) is 0 Å². The fourth-order valence-corrected chi connectivity index (χ4v) is 4.24. The van der Waals surface area contributed by atoms with E-state index in [0.717, 1.165) is 41.3 Å². The van der Waals surface area contributed by atoms with Gasteiger partial charge in [-0.1, -0.05) is 15.9 Å². The minimum Gasteiger partial charge on any atom is -0.351 e. The quantitative estimate of drug-likeness (QED) is 0.833. The second kappa shape index (κ2) is 4.85. The maximum Gasteiger partial charge on any atom is 0.270 e. The molecule has 0 spiro atoms. The predicted molar refractivity (Wildman–Crippen MR) is 86.1 cm³/mol. The summed E-state index contributed by atoms with van der Waals surface area (Å²) in [6.07, 6.45) is 2.27. The number of H-pyrrole nitrogens is 1. The van der Waals surface area contributed by atoms with Crippen LogP contribution < -0.4 is 5.73 Å². The number of hydrogen-bond donors (Lipinski definition) is 2. The summed E-state index contributed by atoms with van der Waals surface area (Å²) in [4.78, 5) is 17.9. The number of nitrogens with one attached hydrogen (secondary N) is 1. The van der Waals surface area contributed by atoms with Crippen molar-refractivity contribution in [3.8, 4) is 0 Å². The van der Waals surface area contributed by atoms with Crippen molar-refractivity contribution in [3.05, 3.63) is 34.4 Å². The lowest BCUT2D eigenvalue weighted by Gasteiger charge is -2.17. The summed E-state index contributed by atoms with van der Waals surface area (Å²) in [5.74, 6) is 1.19. The van der Waals surface area contributed by atoms with Gasteiger partial charge in [0.2, 0.25) is 0 Å². The topological polar surface area (TPSA) is 62.1 Å². The molecule has 4 rings (SSSR count). The van der Waals surface area contributed by atoms with Crippen molar-refractivity contribution in [2.24, 2.45) is 17.6 Å². The lowest BCUT2D eigenvalue weighted by atomic mass is 9.98. The summed E-state index contributed by atoms with van der Waals surface area (Å²) < 4.78 is 1.02. The van der Waals surface area contributed by atoms with Gasteiger partial charge in [-0.3, -0.25) is 4.79 Å². The zero-order valence-electron chi connectivity index (χ0n) is 11.7.